The summed E-state index contributed by atoms with van der Waals surface area (Å²) in [5, 5.41) is 10.1. The van der Waals surface area contributed by atoms with Crippen LogP contribution in [0.4, 0.5) is 5.82 Å². The number of imidazole rings is 1. The molecule has 1 amide bonds. The maximum Gasteiger partial charge on any atom is 0.251 e. The van der Waals surface area contributed by atoms with Crippen molar-refractivity contribution in [2.75, 3.05) is 17.5 Å². The summed E-state index contributed by atoms with van der Waals surface area (Å²) in [6.45, 7) is 0.866. The minimum Gasteiger partial charge on any atom is -0.350 e. The molecule has 9 nitrogen and oxygen atoms in total. The lowest BCUT2D eigenvalue weighted by Gasteiger charge is -2.38. The maximum absolute atomic E-state index is 12.4. The van der Waals surface area contributed by atoms with Gasteiger partial charge in [0.1, 0.15) is 5.69 Å². The molecule has 0 bridgehead atoms. The average molecular weight is 572 g/mol. The molecule has 2 fully saturated rings. The number of benzene rings is 1. The Hall–Kier alpha value is -2.04. The van der Waals surface area contributed by atoms with Crippen molar-refractivity contribution in [1.82, 2.24) is 25.5 Å². The van der Waals surface area contributed by atoms with Crippen molar-refractivity contribution < 1.29 is 4.79 Å². The van der Waals surface area contributed by atoms with Crippen LogP contribution in [0.1, 0.15) is 73.5 Å². The van der Waals surface area contributed by atoms with Crippen molar-refractivity contribution in [1.29, 1.82) is 0 Å². The van der Waals surface area contributed by atoms with E-state index in [1.165, 1.54) is 12.8 Å². The van der Waals surface area contributed by atoms with Crippen molar-refractivity contribution in [3.63, 3.8) is 0 Å². The number of amidine groups is 1. The van der Waals surface area contributed by atoms with Crippen LogP contribution in [0.25, 0.3) is 0 Å². The quantitative estimate of drug-likeness (QED) is 0.298. The Morgan fingerprint density at radius 1 is 1.11 bits per heavy atom. The minimum atomic E-state index is -0.307. The molecule has 5 rings (SSSR count). The normalized spacial score (nSPS) is 24.5. The van der Waals surface area contributed by atoms with Gasteiger partial charge in [-0.3, -0.25) is 15.1 Å². The van der Waals surface area contributed by atoms with Gasteiger partial charge < -0.3 is 20.9 Å². The van der Waals surface area contributed by atoms with E-state index in [-0.39, 0.29) is 43.1 Å². The van der Waals surface area contributed by atoms with E-state index in [1.54, 1.807) is 16.6 Å². The van der Waals surface area contributed by atoms with Gasteiger partial charge in [0.15, 0.2) is 17.9 Å². The summed E-state index contributed by atoms with van der Waals surface area (Å²) < 4.78 is 3.96. The summed E-state index contributed by atoms with van der Waals surface area (Å²) in [5.74, 6) is 1.48. The first kappa shape index (κ1) is 29.5. The highest BCUT2D eigenvalue weighted by molar-refractivity contribution is 6.28. The number of hydrogen-bond acceptors (Lipinski definition) is 6. The Kier molecular flexibility index (Phi) is 10.9. The van der Waals surface area contributed by atoms with Crippen LogP contribution >= 0.6 is 36.6 Å². The third-order valence-electron chi connectivity index (χ3n) is 7.28. The summed E-state index contributed by atoms with van der Waals surface area (Å²) in [5.41, 5.74) is 7.50. The second-order valence-corrected chi connectivity index (χ2v) is 10.1. The van der Waals surface area contributed by atoms with Crippen LogP contribution in [-0.4, -0.2) is 52.8 Å². The SMILES string of the molecule is Cl.Cl.NC1CCC(NC2NC(=NCCNC(=O)c3ccccc3)c3ncn(C4CCCC4)c3N2Cl)CC1. The molecule has 1 unspecified atom stereocenters. The van der Waals surface area contributed by atoms with Crippen molar-refractivity contribution >= 4 is 54.2 Å². The summed E-state index contributed by atoms with van der Waals surface area (Å²) in [6, 6.07) is 10.2. The Bertz CT molecular complexity index is 1040. The molecular formula is C25H37Cl3N8O. The number of hydrogen-bond donors (Lipinski definition) is 4. The summed E-state index contributed by atoms with van der Waals surface area (Å²) in [7, 11) is 0. The first-order valence-corrected chi connectivity index (χ1v) is 13.1. The highest BCUT2D eigenvalue weighted by Crippen LogP contribution is 2.37. The number of aromatic nitrogens is 2. The van der Waals surface area contributed by atoms with E-state index in [1.807, 2.05) is 24.5 Å². The smallest absolute Gasteiger partial charge is 0.251 e. The van der Waals surface area contributed by atoms with E-state index in [0.717, 1.165) is 50.0 Å². The number of carbonyl (C=O) groups excluding carboxylic acids is 1. The van der Waals surface area contributed by atoms with Gasteiger partial charge in [-0.15, -0.1) is 24.8 Å². The lowest BCUT2D eigenvalue weighted by molar-refractivity contribution is 0.0955. The number of anilines is 1. The van der Waals surface area contributed by atoms with Crippen LogP contribution in [0.2, 0.25) is 0 Å². The van der Waals surface area contributed by atoms with Gasteiger partial charge in [0.25, 0.3) is 5.91 Å². The van der Waals surface area contributed by atoms with E-state index in [2.05, 4.69) is 20.5 Å². The monoisotopic (exact) mass is 570 g/mol. The topological polar surface area (TPSA) is 113 Å². The van der Waals surface area contributed by atoms with E-state index >= 15 is 0 Å². The van der Waals surface area contributed by atoms with Gasteiger partial charge in [0.2, 0.25) is 0 Å². The number of fused-ring (bicyclic) bond motifs is 1. The molecule has 1 aromatic carbocycles. The first-order valence-electron chi connectivity index (χ1n) is 12.8. The predicted molar refractivity (Wildman–Crippen MR) is 153 cm³/mol. The lowest BCUT2D eigenvalue weighted by atomic mass is 9.92. The molecular weight excluding hydrogens is 535 g/mol. The Morgan fingerprint density at radius 2 is 1.81 bits per heavy atom. The third kappa shape index (κ3) is 6.89. The van der Waals surface area contributed by atoms with Crippen molar-refractivity contribution in [2.24, 2.45) is 10.7 Å². The molecule has 2 aromatic rings. The zero-order chi connectivity index (χ0) is 24.2. The number of amides is 1. The fourth-order valence-electron chi connectivity index (χ4n) is 5.33. The van der Waals surface area contributed by atoms with Gasteiger partial charge in [-0.05, 0) is 50.7 Å². The summed E-state index contributed by atoms with van der Waals surface area (Å²) >= 11 is 6.93. The fourth-order valence-corrected chi connectivity index (χ4v) is 5.60. The molecule has 3 aliphatic rings. The molecule has 204 valence electrons. The molecule has 0 saturated heterocycles. The van der Waals surface area contributed by atoms with Crippen molar-refractivity contribution in [3.8, 4) is 0 Å². The van der Waals surface area contributed by atoms with Crippen LogP contribution < -0.4 is 26.1 Å². The zero-order valence-electron chi connectivity index (χ0n) is 20.8. The third-order valence-corrected chi connectivity index (χ3v) is 7.64. The standard InChI is InChI=1S/C25H35ClN8O.2ClH/c26-34-24-21(30-16-33(24)20-8-4-5-9-20)22(32-25(34)31-19-12-10-18(27)11-13-19)28-14-15-29-23(35)17-6-2-1-3-7-17;;/h1-3,6-7,16,18-20,25,31H,4-5,8-15,27H2,(H,28,32)(H,29,35);2*1H. The second kappa shape index (κ2) is 13.7. The fraction of sp³-hybridized carbons (Fsp3) is 0.560. The lowest BCUT2D eigenvalue weighted by Crippen LogP contribution is -2.60. The number of carbonyl (C=O) groups is 1. The maximum atomic E-state index is 12.4. The van der Waals surface area contributed by atoms with Gasteiger partial charge in [-0.25, -0.2) is 9.40 Å². The molecule has 2 heterocycles. The highest BCUT2D eigenvalue weighted by atomic mass is 35.5. The van der Waals surface area contributed by atoms with Gasteiger partial charge in [0.05, 0.1) is 12.9 Å². The van der Waals surface area contributed by atoms with E-state index in [4.69, 9.17) is 27.5 Å². The van der Waals surface area contributed by atoms with Gasteiger partial charge in [0, 0.05) is 42.0 Å². The predicted octanol–water partition coefficient (Wildman–Crippen LogP) is 3.72. The molecule has 37 heavy (non-hydrogen) atoms. The molecule has 1 atom stereocenters. The number of rotatable bonds is 7. The minimum absolute atomic E-state index is 0. The second-order valence-electron chi connectivity index (χ2n) is 9.75. The summed E-state index contributed by atoms with van der Waals surface area (Å²) in [4.78, 5) is 21.8. The molecule has 1 aromatic heterocycles. The summed E-state index contributed by atoms with van der Waals surface area (Å²) in [6.07, 6.45) is 10.4. The van der Waals surface area contributed by atoms with Crippen LogP contribution in [-0.2, 0) is 0 Å². The van der Waals surface area contributed by atoms with Gasteiger partial charge in [-0.2, -0.15) is 0 Å². The first-order chi connectivity index (χ1) is 17.1. The molecule has 2 saturated carbocycles. The highest BCUT2D eigenvalue weighted by Gasteiger charge is 2.36. The van der Waals surface area contributed by atoms with Crippen LogP contribution in [0.3, 0.4) is 0 Å². The largest absolute Gasteiger partial charge is 0.350 e. The Labute approximate surface area is 235 Å². The van der Waals surface area contributed by atoms with Crippen LogP contribution in [0, 0.1) is 0 Å². The van der Waals surface area contributed by atoms with Crippen LogP contribution in [0.5, 0.6) is 0 Å². The molecule has 12 heteroatoms. The van der Waals surface area contributed by atoms with Crippen molar-refractivity contribution in [2.45, 2.75) is 75.8 Å². The number of nitrogens with two attached hydrogens (primary N) is 1. The Morgan fingerprint density at radius 3 is 2.51 bits per heavy atom. The molecule has 0 radical (unpaired) electrons. The molecule has 1 aliphatic heterocycles. The number of aliphatic imine (C=N–C) groups is 1. The molecule has 0 spiro atoms. The zero-order valence-corrected chi connectivity index (χ0v) is 23.2. The number of halogens is 3. The number of nitrogens with zero attached hydrogens (tertiary/aromatic N) is 4. The average Bonchev–Trinajstić information content (AvgIpc) is 3.56. The Balaban J connectivity index is 0.00000190. The number of nitrogens with one attached hydrogen (secondary N) is 3. The van der Waals surface area contributed by atoms with Crippen molar-refractivity contribution in [3.05, 3.63) is 47.9 Å². The molecule has 2 aliphatic carbocycles. The van der Waals surface area contributed by atoms with Gasteiger partial charge in [-0.1, -0.05) is 31.0 Å². The molecule has 5 N–H and O–H groups in total. The van der Waals surface area contributed by atoms with E-state index in [9.17, 15) is 4.79 Å². The van der Waals surface area contributed by atoms with Crippen LogP contribution in [0.15, 0.2) is 41.7 Å². The van der Waals surface area contributed by atoms with E-state index < -0.39 is 0 Å². The van der Waals surface area contributed by atoms with Gasteiger partial charge >= 0.3 is 0 Å². The van der Waals surface area contributed by atoms with E-state index in [0.29, 0.717) is 36.6 Å².